The molecule has 3 aromatic heterocycles. The molecule has 8 aromatic rings. The Morgan fingerprint density at radius 3 is 1.86 bits per heavy atom. The molecule has 0 unspecified atom stereocenters. The number of hydrogen-bond acceptors (Lipinski definition) is 5. The largest absolute Gasteiger partial charge is 0.507 e. The smallest absolute Gasteiger partial charge is 0.417 e. The first-order valence-corrected chi connectivity index (χ1v) is 20.2. The van der Waals surface area contributed by atoms with E-state index in [4.69, 9.17) is 9.40 Å². The number of phenolic OH excluding ortho intramolecular Hbond substituents is 1. The van der Waals surface area contributed by atoms with E-state index in [0.717, 1.165) is 44.8 Å². The van der Waals surface area contributed by atoms with Gasteiger partial charge in [-0.3, -0.25) is 4.98 Å². The van der Waals surface area contributed by atoms with Crippen LogP contribution in [0.1, 0.15) is 101 Å². The predicted molar refractivity (Wildman–Crippen MR) is 236 cm³/mol. The SMILES string of the molecule is CC(C)c1cccc(C(C)C)c1-n1ccnc1-c1[c-]cccc1.CC(C)c1cccc(C(C)C)c1B1N(C)c2c(c(O)cc3oc4ccccc4c23)-c2nccn21.[Ir]. The molecule has 0 saturated carbocycles. The van der Waals surface area contributed by atoms with Gasteiger partial charge in [-0.1, -0.05) is 110 Å². The summed E-state index contributed by atoms with van der Waals surface area (Å²) in [5.74, 6) is 3.55. The molecule has 0 amide bonds. The molecule has 0 spiro atoms. The summed E-state index contributed by atoms with van der Waals surface area (Å²) in [7, 11) is 2.12. The van der Waals surface area contributed by atoms with E-state index in [0.29, 0.717) is 29.3 Å². The monoisotopic (exact) mass is 945 g/mol. The molecule has 0 fully saturated rings. The van der Waals surface area contributed by atoms with Crippen LogP contribution >= 0.6 is 0 Å². The Bertz CT molecular complexity index is 2660. The van der Waals surface area contributed by atoms with Crippen LogP contribution in [0.2, 0.25) is 0 Å². The molecule has 4 heterocycles. The minimum Gasteiger partial charge on any atom is -0.507 e. The van der Waals surface area contributed by atoms with Gasteiger partial charge in [-0.15, -0.1) is 35.9 Å². The molecule has 1 radical (unpaired) electrons. The van der Waals surface area contributed by atoms with Gasteiger partial charge >= 0.3 is 6.98 Å². The first kappa shape index (κ1) is 40.8. The van der Waals surface area contributed by atoms with Crippen LogP contribution in [-0.2, 0) is 20.1 Å². The van der Waals surface area contributed by atoms with Gasteiger partial charge in [0, 0.05) is 62.0 Å². The fraction of sp³-hybridized carbons (Fsp3) is 0.265. The van der Waals surface area contributed by atoms with Gasteiger partial charge in [-0.25, -0.2) is 4.98 Å². The number of para-hydroxylation sites is 2. The second-order valence-corrected chi connectivity index (χ2v) is 16.4. The Morgan fingerprint density at radius 2 is 1.24 bits per heavy atom. The van der Waals surface area contributed by atoms with Gasteiger partial charge in [0.1, 0.15) is 22.7 Å². The summed E-state index contributed by atoms with van der Waals surface area (Å²) in [6.45, 7) is 17.9. The molecule has 5 aromatic carbocycles. The summed E-state index contributed by atoms with van der Waals surface area (Å²) in [6.07, 6.45) is 7.79. The van der Waals surface area contributed by atoms with Gasteiger partial charge in [0.25, 0.3) is 0 Å². The van der Waals surface area contributed by atoms with E-state index in [1.807, 2.05) is 55.0 Å². The number of anilines is 1. The zero-order valence-electron chi connectivity index (χ0n) is 34.8. The number of imidazole rings is 2. The molecule has 297 valence electrons. The molecule has 0 atom stereocenters. The van der Waals surface area contributed by atoms with Crippen molar-refractivity contribution >= 4 is 40.1 Å². The first-order chi connectivity index (χ1) is 27.5. The average molecular weight is 945 g/mol. The van der Waals surface area contributed by atoms with E-state index < -0.39 is 0 Å². The Kier molecular flexibility index (Phi) is 11.6. The van der Waals surface area contributed by atoms with Crippen LogP contribution in [-0.4, -0.2) is 38.1 Å². The molecule has 1 N–H and O–H groups in total. The number of rotatable bonds is 7. The number of aromatic hydroxyl groups is 1. The topological polar surface area (TPSA) is 72.2 Å². The Morgan fingerprint density at radius 1 is 0.655 bits per heavy atom. The summed E-state index contributed by atoms with van der Waals surface area (Å²) in [5.41, 5.74) is 12.2. The molecule has 0 aliphatic carbocycles. The normalized spacial score (nSPS) is 12.4. The maximum Gasteiger partial charge on any atom is 0.417 e. The number of nitrogens with zero attached hydrogens (tertiary/aromatic N) is 5. The van der Waals surface area contributed by atoms with Crippen LogP contribution < -0.4 is 10.3 Å². The number of furan rings is 1. The third kappa shape index (κ3) is 6.99. The Labute approximate surface area is 356 Å². The summed E-state index contributed by atoms with van der Waals surface area (Å²) in [6, 6.07) is 34.4. The molecule has 58 heavy (non-hydrogen) atoms. The Balaban J connectivity index is 0.000000187. The van der Waals surface area contributed by atoms with Crippen LogP contribution in [0.25, 0.3) is 50.4 Å². The molecule has 1 aliphatic rings. The number of hydrogen-bond donors (Lipinski definition) is 1. The molecule has 9 heteroatoms. The van der Waals surface area contributed by atoms with Gasteiger partial charge in [0.15, 0.2) is 0 Å². The fourth-order valence-electron chi connectivity index (χ4n) is 8.68. The predicted octanol–water partition coefficient (Wildman–Crippen LogP) is 11.7. The summed E-state index contributed by atoms with van der Waals surface area (Å²) in [4.78, 5) is 11.6. The number of fused-ring (bicyclic) bond motifs is 7. The van der Waals surface area contributed by atoms with Crippen LogP contribution in [0.4, 0.5) is 5.69 Å². The van der Waals surface area contributed by atoms with Crippen molar-refractivity contribution in [3.8, 4) is 34.2 Å². The van der Waals surface area contributed by atoms with Crippen molar-refractivity contribution in [2.24, 2.45) is 0 Å². The van der Waals surface area contributed by atoms with Crippen molar-refractivity contribution in [3.63, 3.8) is 0 Å². The van der Waals surface area contributed by atoms with E-state index in [1.165, 1.54) is 33.4 Å². The zero-order valence-corrected chi connectivity index (χ0v) is 37.2. The second kappa shape index (κ2) is 16.5. The molecule has 0 bridgehead atoms. The van der Waals surface area contributed by atoms with E-state index >= 15 is 0 Å². The molecule has 9 rings (SSSR count). The van der Waals surface area contributed by atoms with Crippen molar-refractivity contribution in [2.75, 3.05) is 11.9 Å². The fourth-order valence-corrected chi connectivity index (χ4v) is 8.68. The van der Waals surface area contributed by atoms with Crippen molar-refractivity contribution in [1.82, 2.24) is 19.0 Å². The minimum atomic E-state index is -0.0975. The summed E-state index contributed by atoms with van der Waals surface area (Å²) < 4.78 is 10.6. The van der Waals surface area contributed by atoms with Crippen molar-refractivity contribution in [1.29, 1.82) is 0 Å². The van der Waals surface area contributed by atoms with E-state index in [1.54, 1.807) is 6.07 Å². The van der Waals surface area contributed by atoms with Crippen LogP contribution in [0.15, 0.2) is 120 Å². The number of aromatic nitrogens is 4. The van der Waals surface area contributed by atoms with E-state index in [9.17, 15) is 5.11 Å². The van der Waals surface area contributed by atoms with Gasteiger partial charge in [-0.05, 0) is 64.5 Å². The number of phenols is 1. The van der Waals surface area contributed by atoms with Crippen molar-refractivity contribution < 1.29 is 29.6 Å². The van der Waals surface area contributed by atoms with E-state index in [2.05, 4.69) is 142 Å². The van der Waals surface area contributed by atoms with Gasteiger partial charge < -0.3 is 23.4 Å². The zero-order chi connectivity index (χ0) is 40.1. The first-order valence-electron chi connectivity index (χ1n) is 20.2. The van der Waals surface area contributed by atoms with Crippen LogP contribution in [0.5, 0.6) is 5.75 Å². The maximum absolute atomic E-state index is 11.2. The molecular formula is C49H51BIrN5O2-. The maximum atomic E-state index is 11.2. The van der Waals surface area contributed by atoms with Gasteiger partial charge in [0.2, 0.25) is 0 Å². The third-order valence-corrected chi connectivity index (χ3v) is 11.3. The van der Waals surface area contributed by atoms with Gasteiger partial charge in [0.05, 0.1) is 22.5 Å². The van der Waals surface area contributed by atoms with Crippen molar-refractivity contribution in [3.05, 3.63) is 144 Å². The molecule has 7 nitrogen and oxygen atoms in total. The van der Waals surface area contributed by atoms with Crippen LogP contribution in [0, 0.1) is 6.07 Å². The van der Waals surface area contributed by atoms with E-state index in [-0.39, 0.29) is 32.8 Å². The standard InChI is InChI=1S/C28H28BN3O2.C21H23N2.Ir/c1-16(2)18-10-8-11-19(17(3)4)26(18)29-31(5)27-24-20-9-6-7-12-22(20)34-23(24)15-21(33)25(27)28-30-13-14-32(28)29;1-15(2)18-11-8-12-19(16(3)4)20(18)23-14-13-22-21(23)17-9-6-5-7-10-17;/h6-17,33H,1-5H3;5-9,11-16H,1-4H3;/q;-1;. The average Bonchev–Trinajstić information content (AvgIpc) is 3.97. The Hall–Kier alpha value is -5.37. The third-order valence-electron chi connectivity index (χ3n) is 11.3. The van der Waals surface area contributed by atoms with Crippen molar-refractivity contribution in [2.45, 2.75) is 79.1 Å². The number of benzene rings is 5. The summed E-state index contributed by atoms with van der Waals surface area (Å²) in [5, 5.41) is 13.2. The quantitative estimate of drug-likeness (QED) is 0.127. The second-order valence-electron chi connectivity index (χ2n) is 16.4. The molecule has 0 saturated heterocycles. The molecular weight excluding hydrogens is 894 g/mol. The molecule has 1 aliphatic heterocycles. The summed E-state index contributed by atoms with van der Waals surface area (Å²) >= 11 is 0. The van der Waals surface area contributed by atoms with Gasteiger partial charge in [-0.2, -0.15) is 0 Å². The minimum absolute atomic E-state index is 0. The van der Waals surface area contributed by atoms with Crippen LogP contribution in [0.3, 0.4) is 0 Å².